The van der Waals surface area contributed by atoms with E-state index in [1.165, 1.54) is 31.0 Å². The van der Waals surface area contributed by atoms with Crippen molar-refractivity contribution in [1.29, 1.82) is 0 Å². The average Bonchev–Trinajstić information content (AvgIpc) is 2.46. The summed E-state index contributed by atoms with van der Waals surface area (Å²) in [6.07, 6.45) is 3.55. The number of aromatic hydroxyl groups is 1. The Balaban J connectivity index is 1.84. The minimum Gasteiger partial charge on any atom is -0.507 e. The number of carbonyl (C=O) groups excluding carboxylic acids is 1. The zero-order chi connectivity index (χ0) is 15.2. The van der Waals surface area contributed by atoms with Crippen LogP contribution in [0, 0.1) is 0 Å². The number of urea groups is 1. The van der Waals surface area contributed by atoms with E-state index in [0.29, 0.717) is 17.5 Å². The van der Waals surface area contributed by atoms with Crippen molar-refractivity contribution in [2.75, 3.05) is 17.6 Å². The van der Waals surface area contributed by atoms with Crippen LogP contribution >= 0.6 is 11.8 Å². The maximum absolute atomic E-state index is 11.8. The molecule has 1 fully saturated rings. The minimum atomic E-state index is -1.21. The van der Waals surface area contributed by atoms with Gasteiger partial charge in [-0.3, -0.25) is 0 Å². The molecule has 1 aromatic carbocycles. The maximum Gasteiger partial charge on any atom is 0.339 e. The first-order valence-corrected chi connectivity index (χ1v) is 7.84. The molecule has 0 spiro atoms. The number of amides is 2. The quantitative estimate of drug-likeness (QED) is 0.685. The number of benzene rings is 1. The molecule has 1 aromatic rings. The molecule has 7 heteroatoms. The first-order valence-electron chi connectivity index (χ1n) is 6.79. The lowest BCUT2D eigenvalue weighted by Gasteiger charge is -2.21. The van der Waals surface area contributed by atoms with Gasteiger partial charge in [-0.2, -0.15) is 11.8 Å². The van der Waals surface area contributed by atoms with E-state index in [1.54, 1.807) is 0 Å². The van der Waals surface area contributed by atoms with Crippen molar-refractivity contribution in [2.45, 2.75) is 24.5 Å². The van der Waals surface area contributed by atoms with Gasteiger partial charge in [-0.1, -0.05) is 6.42 Å². The second-order valence-electron chi connectivity index (χ2n) is 4.86. The number of carboxylic acid groups (broad SMARTS) is 1. The van der Waals surface area contributed by atoms with Gasteiger partial charge in [-0.25, -0.2) is 9.59 Å². The number of rotatable bonds is 4. The fourth-order valence-electron chi connectivity index (χ4n) is 2.14. The lowest BCUT2D eigenvalue weighted by atomic mass is 10.2. The van der Waals surface area contributed by atoms with E-state index in [-0.39, 0.29) is 17.3 Å². The van der Waals surface area contributed by atoms with Gasteiger partial charge in [0.05, 0.1) is 0 Å². The van der Waals surface area contributed by atoms with Crippen LogP contribution in [0.15, 0.2) is 18.2 Å². The predicted octanol–water partition coefficient (Wildman–Crippen LogP) is 2.50. The molecule has 0 bridgehead atoms. The molecule has 2 rings (SSSR count). The van der Waals surface area contributed by atoms with Crippen LogP contribution in [0.25, 0.3) is 0 Å². The van der Waals surface area contributed by atoms with Crippen molar-refractivity contribution in [3.8, 4) is 5.75 Å². The molecule has 6 nitrogen and oxygen atoms in total. The van der Waals surface area contributed by atoms with E-state index in [1.807, 2.05) is 11.8 Å². The van der Waals surface area contributed by atoms with Crippen LogP contribution in [0.5, 0.6) is 5.75 Å². The molecule has 0 aromatic heterocycles. The zero-order valence-corrected chi connectivity index (χ0v) is 12.3. The Bertz CT molecular complexity index is 530. The molecule has 0 radical (unpaired) electrons. The average molecular weight is 310 g/mol. The summed E-state index contributed by atoms with van der Waals surface area (Å²) in [5.41, 5.74) is 0.158. The number of anilines is 1. The molecule has 1 aliphatic heterocycles. The highest BCUT2D eigenvalue weighted by molar-refractivity contribution is 7.99. The van der Waals surface area contributed by atoms with Crippen molar-refractivity contribution in [3.05, 3.63) is 23.8 Å². The Morgan fingerprint density at radius 1 is 1.33 bits per heavy atom. The number of nitrogens with one attached hydrogen (secondary N) is 2. The third-order valence-corrected chi connectivity index (χ3v) is 4.65. The smallest absolute Gasteiger partial charge is 0.339 e. The summed E-state index contributed by atoms with van der Waals surface area (Å²) in [5, 5.41) is 24.2. The summed E-state index contributed by atoms with van der Waals surface area (Å²) in [6, 6.07) is 3.56. The number of thioether (sulfide) groups is 1. The van der Waals surface area contributed by atoms with E-state index >= 15 is 0 Å². The van der Waals surface area contributed by atoms with Gasteiger partial charge in [0.15, 0.2) is 0 Å². The minimum absolute atomic E-state index is 0.195. The van der Waals surface area contributed by atoms with Crippen LogP contribution in [0.4, 0.5) is 10.5 Å². The van der Waals surface area contributed by atoms with Gasteiger partial charge in [0, 0.05) is 23.5 Å². The van der Waals surface area contributed by atoms with Crippen LogP contribution in [-0.4, -0.2) is 39.8 Å². The number of hydrogen-bond acceptors (Lipinski definition) is 4. The predicted molar refractivity (Wildman–Crippen MR) is 82.2 cm³/mol. The number of carboxylic acids is 1. The van der Waals surface area contributed by atoms with E-state index in [4.69, 9.17) is 5.11 Å². The van der Waals surface area contributed by atoms with Crippen molar-refractivity contribution in [2.24, 2.45) is 0 Å². The lowest BCUT2D eigenvalue weighted by Crippen LogP contribution is -2.35. The number of aromatic carboxylic acids is 1. The van der Waals surface area contributed by atoms with Gasteiger partial charge < -0.3 is 20.8 Å². The summed E-state index contributed by atoms with van der Waals surface area (Å²) in [5.74, 6) is -0.445. The van der Waals surface area contributed by atoms with Crippen LogP contribution in [0.2, 0.25) is 0 Å². The van der Waals surface area contributed by atoms with Crippen LogP contribution in [0.1, 0.15) is 29.6 Å². The van der Waals surface area contributed by atoms with Crippen molar-refractivity contribution >= 4 is 29.4 Å². The Morgan fingerprint density at radius 3 is 2.76 bits per heavy atom. The Kier molecular flexibility index (Phi) is 5.32. The summed E-state index contributed by atoms with van der Waals surface area (Å²) in [4.78, 5) is 22.5. The second-order valence-corrected chi connectivity index (χ2v) is 6.27. The molecular weight excluding hydrogens is 292 g/mol. The molecule has 0 saturated carbocycles. The lowest BCUT2D eigenvalue weighted by molar-refractivity contribution is 0.0694. The highest BCUT2D eigenvalue weighted by atomic mass is 32.2. The number of phenols is 1. The Hall–Kier alpha value is -1.89. The third-order valence-electron chi connectivity index (χ3n) is 3.25. The van der Waals surface area contributed by atoms with Gasteiger partial charge in [0.2, 0.25) is 0 Å². The van der Waals surface area contributed by atoms with E-state index < -0.39 is 5.97 Å². The molecule has 1 heterocycles. The standard InChI is InChI=1S/C14H18N2O4S/c17-12-7-9(4-5-11(12)13(18)19)16-14(20)15-8-10-3-1-2-6-21-10/h4-5,7,10,17H,1-3,6,8H2,(H,18,19)(H2,15,16,20). The topological polar surface area (TPSA) is 98.7 Å². The van der Waals surface area contributed by atoms with Crippen LogP contribution < -0.4 is 10.6 Å². The molecule has 1 saturated heterocycles. The Morgan fingerprint density at radius 2 is 2.14 bits per heavy atom. The molecule has 1 aliphatic rings. The molecular formula is C14H18N2O4S. The fraction of sp³-hybridized carbons (Fsp3) is 0.429. The zero-order valence-electron chi connectivity index (χ0n) is 11.5. The largest absolute Gasteiger partial charge is 0.507 e. The molecule has 21 heavy (non-hydrogen) atoms. The highest BCUT2D eigenvalue weighted by Crippen LogP contribution is 2.24. The highest BCUT2D eigenvalue weighted by Gasteiger charge is 2.15. The number of hydrogen-bond donors (Lipinski definition) is 4. The van der Waals surface area contributed by atoms with Gasteiger partial charge in [-0.05, 0) is 30.7 Å². The molecule has 114 valence electrons. The van der Waals surface area contributed by atoms with Crippen molar-refractivity contribution in [1.82, 2.24) is 5.32 Å². The maximum atomic E-state index is 11.8. The van der Waals surface area contributed by atoms with Crippen molar-refractivity contribution in [3.63, 3.8) is 0 Å². The molecule has 4 N–H and O–H groups in total. The second kappa shape index (κ2) is 7.21. The van der Waals surface area contributed by atoms with Gasteiger partial charge in [0.25, 0.3) is 0 Å². The molecule has 1 unspecified atom stereocenters. The van der Waals surface area contributed by atoms with Crippen molar-refractivity contribution < 1.29 is 19.8 Å². The normalized spacial score (nSPS) is 18.0. The van der Waals surface area contributed by atoms with Gasteiger partial charge >= 0.3 is 12.0 Å². The number of carbonyl (C=O) groups is 2. The van der Waals surface area contributed by atoms with Gasteiger partial charge in [-0.15, -0.1) is 0 Å². The van der Waals surface area contributed by atoms with Gasteiger partial charge in [0.1, 0.15) is 11.3 Å². The first kappa shape index (κ1) is 15.5. The molecule has 2 amide bonds. The van der Waals surface area contributed by atoms with Crippen LogP contribution in [-0.2, 0) is 0 Å². The van der Waals surface area contributed by atoms with E-state index in [0.717, 1.165) is 12.2 Å². The molecule has 0 aliphatic carbocycles. The Labute approximate surface area is 126 Å². The first-order chi connectivity index (χ1) is 10.1. The molecule has 1 atom stereocenters. The summed E-state index contributed by atoms with van der Waals surface area (Å²) in [7, 11) is 0. The third kappa shape index (κ3) is 4.56. The summed E-state index contributed by atoms with van der Waals surface area (Å²) in [6.45, 7) is 0.607. The van der Waals surface area contributed by atoms with Crippen LogP contribution in [0.3, 0.4) is 0 Å². The summed E-state index contributed by atoms with van der Waals surface area (Å²) >= 11 is 1.87. The SMILES string of the molecule is O=C(NCC1CCCCS1)Nc1ccc(C(=O)O)c(O)c1. The summed E-state index contributed by atoms with van der Waals surface area (Å²) < 4.78 is 0. The van der Waals surface area contributed by atoms with E-state index in [9.17, 15) is 14.7 Å². The monoisotopic (exact) mass is 310 g/mol. The van der Waals surface area contributed by atoms with E-state index in [2.05, 4.69) is 10.6 Å². The fourth-order valence-corrected chi connectivity index (χ4v) is 3.38.